The second kappa shape index (κ2) is 7.05. The average Bonchev–Trinajstić information content (AvgIpc) is 3.10. The van der Waals surface area contributed by atoms with E-state index in [4.69, 9.17) is 9.47 Å². The lowest BCUT2D eigenvalue weighted by Gasteiger charge is -2.32. The van der Waals surface area contributed by atoms with Gasteiger partial charge in [-0.05, 0) is 25.1 Å². The van der Waals surface area contributed by atoms with Crippen molar-refractivity contribution in [2.75, 3.05) is 44.4 Å². The standard InChI is InChI=1S/C18H19N3O4S/c1-12-19-14(11-26-12)13-2-3-16-15(8-13)21(18(23)10-25-16)9-17(22)20-4-6-24-7-5-20/h2-3,8,11H,4-7,9-10H2,1H3. The molecule has 0 N–H and O–H groups in total. The Bertz CT molecular complexity index is 845. The van der Waals surface area contributed by atoms with Crippen LogP contribution in [0.15, 0.2) is 23.6 Å². The van der Waals surface area contributed by atoms with Crippen molar-refractivity contribution in [3.05, 3.63) is 28.6 Å². The number of amides is 2. The molecule has 1 saturated heterocycles. The number of morpholine rings is 1. The van der Waals surface area contributed by atoms with Crippen LogP contribution in [0.5, 0.6) is 5.75 Å². The van der Waals surface area contributed by atoms with Gasteiger partial charge in [0.1, 0.15) is 12.3 Å². The average molecular weight is 373 g/mol. The van der Waals surface area contributed by atoms with E-state index in [1.165, 1.54) is 4.90 Å². The van der Waals surface area contributed by atoms with E-state index in [0.717, 1.165) is 16.3 Å². The number of carbonyl (C=O) groups excluding carboxylic acids is 2. The van der Waals surface area contributed by atoms with E-state index in [9.17, 15) is 9.59 Å². The van der Waals surface area contributed by atoms with E-state index in [1.54, 1.807) is 16.2 Å². The number of nitrogens with zero attached hydrogens (tertiary/aromatic N) is 3. The van der Waals surface area contributed by atoms with Crippen molar-refractivity contribution in [2.24, 2.45) is 0 Å². The van der Waals surface area contributed by atoms with Crippen LogP contribution in [-0.4, -0.2) is 61.2 Å². The molecule has 136 valence electrons. The van der Waals surface area contributed by atoms with Gasteiger partial charge in [0.25, 0.3) is 5.91 Å². The maximum absolute atomic E-state index is 12.6. The number of hydrogen-bond acceptors (Lipinski definition) is 6. The van der Waals surface area contributed by atoms with E-state index in [0.29, 0.717) is 37.7 Å². The van der Waals surface area contributed by atoms with Gasteiger partial charge in [0.15, 0.2) is 6.61 Å². The zero-order valence-electron chi connectivity index (χ0n) is 14.4. The number of fused-ring (bicyclic) bond motifs is 1. The second-order valence-corrected chi connectivity index (χ2v) is 7.26. The van der Waals surface area contributed by atoms with Crippen molar-refractivity contribution < 1.29 is 19.1 Å². The number of carbonyl (C=O) groups is 2. The topological polar surface area (TPSA) is 72.0 Å². The van der Waals surface area contributed by atoms with Crippen molar-refractivity contribution in [3.8, 4) is 17.0 Å². The third-order valence-corrected chi connectivity index (χ3v) is 5.25. The monoisotopic (exact) mass is 373 g/mol. The first kappa shape index (κ1) is 17.0. The Morgan fingerprint density at radius 3 is 2.85 bits per heavy atom. The summed E-state index contributed by atoms with van der Waals surface area (Å²) < 4.78 is 10.8. The molecule has 4 rings (SSSR count). The molecule has 0 bridgehead atoms. The highest BCUT2D eigenvalue weighted by Gasteiger charge is 2.30. The Hall–Kier alpha value is -2.45. The van der Waals surface area contributed by atoms with Gasteiger partial charge in [-0.3, -0.25) is 14.5 Å². The lowest BCUT2D eigenvalue weighted by molar-refractivity contribution is -0.135. The summed E-state index contributed by atoms with van der Waals surface area (Å²) in [6.45, 7) is 4.09. The number of anilines is 1. The normalized spacial score (nSPS) is 17.0. The maximum atomic E-state index is 12.6. The van der Waals surface area contributed by atoms with Crippen molar-refractivity contribution in [2.45, 2.75) is 6.92 Å². The van der Waals surface area contributed by atoms with Gasteiger partial charge in [0, 0.05) is 24.0 Å². The van der Waals surface area contributed by atoms with Gasteiger partial charge in [-0.15, -0.1) is 11.3 Å². The Morgan fingerprint density at radius 1 is 1.31 bits per heavy atom. The van der Waals surface area contributed by atoms with Crippen LogP contribution in [-0.2, 0) is 14.3 Å². The maximum Gasteiger partial charge on any atom is 0.265 e. The van der Waals surface area contributed by atoms with Crippen molar-refractivity contribution in [3.63, 3.8) is 0 Å². The molecule has 2 aliphatic heterocycles. The van der Waals surface area contributed by atoms with Gasteiger partial charge in [0.05, 0.1) is 29.6 Å². The first-order valence-electron chi connectivity index (χ1n) is 8.47. The van der Waals surface area contributed by atoms with Gasteiger partial charge >= 0.3 is 0 Å². The first-order chi connectivity index (χ1) is 12.6. The van der Waals surface area contributed by atoms with E-state index in [2.05, 4.69) is 4.98 Å². The Labute approximate surface area is 155 Å². The zero-order chi connectivity index (χ0) is 18.1. The minimum absolute atomic E-state index is 0.00867. The second-order valence-electron chi connectivity index (χ2n) is 6.20. The molecule has 3 heterocycles. The number of hydrogen-bond donors (Lipinski definition) is 0. The highest BCUT2D eigenvalue weighted by Crippen LogP contribution is 2.36. The number of thiazole rings is 1. The summed E-state index contributed by atoms with van der Waals surface area (Å²) in [5.74, 6) is 0.310. The molecule has 0 radical (unpaired) electrons. The molecule has 0 aliphatic carbocycles. The van der Waals surface area contributed by atoms with Crippen molar-refractivity contribution in [1.82, 2.24) is 9.88 Å². The first-order valence-corrected chi connectivity index (χ1v) is 9.35. The molecule has 0 spiro atoms. The molecule has 26 heavy (non-hydrogen) atoms. The molecular formula is C18H19N3O4S. The minimum atomic E-state index is -0.217. The third kappa shape index (κ3) is 3.30. The molecule has 1 aromatic heterocycles. The predicted molar refractivity (Wildman–Crippen MR) is 97.5 cm³/mol. The van der Waals surface area contributed by atoms with Crippen LogP contribution in [0.25, 0.3) is 11.3 Å². The summed E-state index contributed by atoms with van der Waals surface area (Å²) in [4.78, 5) is 32.8. The molecule has 2 amide bonds. The number of benzene rings is 1. The number of aryl methyl sites for hydroxylation is 1. The summed E-state index contributed by atoms with van der Waals surface area (Å²) in [6, 6.07) is 5.62. The van der Waals surface area contributed by atoms with Crippen LogP contribution >= 0.6 is 11.3 Å². The molecular weight excluding hydrogens is 354 g/mol. The van der Waals surface area contributed by atoms with E-state index < -0.39 is 0 Å². The largest absolute Gasteiger partial charge is 0.482 e. The number of ether oxygens (including phenoxy) is 2. The van der Waals surface area contributed by atoms with Gasteiger partial charge in [-0.25, -0.2) is 4.98 Å². The van der Waals surface area contributed by atoms with Crippen molar-refractivity contribution >= 4 is 28.8 Å². The summed E-state index contributed by atoms with van der Waals surface area (Å²) in [5.41, 5.74) is 2.37. The Morgan fingerprint density at radius 2 is 2.12 bits per heavy atom. The molecule has 7 nitrogen and oxygen atoms in total. The molecule has 1 fully saturated rings. The molecule has 2 aromatic rings. The Balaban J connectivity index is 1.61. The fourth-order valence-electron chi connectivity index (χ4n) is 3.08. The van der Waals surface area contributed by atoms with Crippen LogP contribution in [0.1, 0.15) is 5.01 Å². The molecule has 2 aliphatic rings. The Kier molecular flexibility index (Phi) is 4.60. The fourth-order valence-corrected chi connectivity index (χ4v) is 3.70. The van der Waals surface area contributed by atoms with Crippen molar-refractivity contribution in [1.29, 1.82) is 0 Å². The number of rotatable bonds is 3. The number of aromatic nitrogens is 1. The van der Waals surface area contributed by atoms with Gasteiger partial charge < -0.3 is 14.4 Å². The van der Waals surface area contributed by atoms with E-state index >= 15 is 0 Å². The third-order valence-electron chi connectivity index (χ3n) is 4.47. The predicted octanol–water partition coefficient (Wildman–Crippen LogP) is 1.70. The van der Waals surface area contributed by atoms with Gasteiger partial charge in [-0.1, -0.05) is 0 Å². The lowest BCUT2D eigenvalue weighted by atomic mass is 10.1. The SMILES string of the molecule is Cc1nc(-c2ccc3c(c2)N(CC(=O)N2CCOCC2)C(=O)CO3)cs1. The van der Waals surface area contributed by atoms with E-state index in [-0.39, 0.29) is 25.0 Å². The van der Waals surface area contributed by atoms with E-state index in [1.807, 2.05) is 30.5 Å². The lowest BCUT2D eigenvalue weighted by Crippen LogP contribution is -2.49. The molecule has 8 heteroatoms. The van der Waals surface area contributed by atoms with Gasteiger partial charge in [-0.2, -0.15) is 0 Å². The van der Waals surface area contributed by atoms with Crippen LogP contribution < -0.4 is 9.64 Å². The summed E-state index contributed by atoms with van der Waals surface area (Å²) in [7, 11) is 0. The zero-order valence-corrected chi connectivity index (χ0v) is 15.3. The summed E-state index contributed by atoms with van der Waals surface area (Å²) in [5, 5.41) is 2.95. The van der Waals surface area contributed by atoms with Crippen LogP contribution in [0.4, 0.5) is 5.69 Å². The van der Waals surface area contributed by atoms with Crippen LogP contribution in [0.2, 0.25) is 0 Å². The summed E-state index contributed by atoms with van der Waals surface area (Å²) >= 11 is 1.57. The highest BCUT2D eigenvalue weighted by atomic mass is 32.1. The highest BCUT2D eigenvalue weighted by molar-refractivity contribution is 7.09. The molecule has 0 unspecified atom stereocenters. The fraction of sp³-hybridized carbons (Fsp3) is 0.389. The molecule has 0 saturated carbocycles. The minimum Gasteiger partial charge on any atom is -0.482 e. The molecule has 1 aromatic carbocycles. The smallest absolute Gasteiger partial charge is 0.265 e. The van der Waals surface area contributed by atoms with Crippen LogP contribution in [0.3, 0.4) is 0 Å². The van der Waals surface area contributed by atoms with Crippen LogP contribution in [0, 0.1) is 6.92 Å². The molecule has 0 atom stereocenters. The summed E-state index contributed by atoms with van der Waals surface area (Å²) in [6.07, 6.45) is 0. The van der Waals surface area contributed by atoms with Gasteiger partial charge in [0.2, 0.25) is 5.91 Å². The quantitative estimate of drug-likeness (QED) is 0.819.